The molecule has 1 aliphatic heterocycles. The summed E-state index contributed by atoms with van der Waals surface area (Å²) >= 11 is 0. The van der Waals surface area contributed by atoms with Crippen LogP contribution in [0.15, 0.2) is 18.2 Å². The fourth-order valence-electron chi connectivity index (χ4n) is 2.37. The van der Waals surface area contributed by atoms with E-state index >= 15 is 0 Å². The van der Waals surface area contributed by atoms with Crippen LogP contribution in [-0.2, 0) is 4.74 Å². The van der Waals surface area contributed by atoms with Crippen molar-refractivity contribution in [3.05, 3.63) is 29.3 Å². The van der Waals surface area contributed by atoms with Gasteiger partial charge in [0.15, 0.2) is 0 Å². The fourth-order valence-corrected chi connectivity index (χ4v) is 2.37. The third-order valence-electron chi connectivity index (χ3n) is 3.41. The fraction of sp³-hybridized carbons (Fsp3) is 0.500. The van der Waals surface area contributed by atoms with Gasteiger partial charge in [-0.3, -0.25) is 4.79 Å². The molecular weight excluding hydrogens is 228 g/mol. The van der Waals surface area contributed by atoms with E-state index in [1.54, 1.807) is 6.07 Å². The average molecular weight is 248 g/mol. The van der Waals surface area contributed by atoms with Gasteiger partial charge < -0.3 is 15.8 Å². The molecule has 0 saturated carbocycles. The van der Waals surface area contributed by atoms with Gasteiger partial charge in [-0.2, -0.15) is 0 Å². The van der Waals surface area contributed by atoms with Crippen molar-refractivity contribution in [3.8, 4) is 0 Å². The molecule has 1 aromatic rings. The molecule has 4 nitrogen and oxygen atoms in total. The summed E-state index contributed by atoms with van der Waals surface area (Å²) in [5.74, 6) is -0.117. The minimum absolute atomic E-state index is 0.0130. The van der Waals surface area contributed by atoms with Crippen LogP contribution in [0.3, 0.4) is 0 Å². The van der Waals surface area contributed by atoms with E-state index in [0.29, 0.717) is 11.3 Å². The molecule has 4 heteroatoms. The van der Waals surface area contributed by atoms with E-state index in [1.807, 2.05) is 26.0 Å². The smallest absolute Gasteiger partial charge is 0.253 e. The van der Waals surface area contributed by atoms with Gasteiger partial charge in [0, 0.05) is 12.3 Å². The molecule has 1 aromatic carbocycles. The summed E-state index contributed by atoms with van der Waals surface area (Å²) in [5, 5.41) is 2.98. The predicted octanol–water partition coefficient (Wildman–Crippen LogP) is 1.87. The molecule has 0 spiro atoms. The number of hydrogen-bond donors (Lipinski definition) is 2. The molecule has 1 saturated heterocycles. The van der Waals surface area contributed by atoms with Gasteiger partial charge in [0.2, 0.25) is 0 Å². The standard InChI is InChI=1S/C14H20N2O2/c1-9-5-3-6-11(15)13(9)14(17)16-10(2)12-7-4-8-18-12/h3,5-6,10,12H,4,7-8,15H2,1-2H3,(H,16,17). The summed E-state index contributed by atoms with van der Waals surface area (Å²) in [4.78, 5) is 12.2. The molecule has 0 bridgehead atoms. The molecule has 1 heterocycles. The zero-order chi connectivity index (χ0) is 13.1. The molecule has 3 N–H and O–H groups in total. The summed E-state index contributed by atoms with van der Waals surface area (Å²) < 4.78 is 5.57. The molecule has 0 aromatic heterocycles. The lowest BCUT2D eigenvalue weighted by Gasteiger charge is -2.21. The number of hydrogen-bond acceptors (Lipinski definition) is 3. The Morgan fingerprint density at radius 1 is 1.56 bits per heavy atom. The van der Waals surface area contributed by atoms with Gasteiger partial charge in [-0.1, -0.05) is 12.1 Å². The largest absolute Gasteiger partial charge is 0.398 e. The first-order valence-electron chi connectivity index (χ1n) is 6.37. The maximum Gasteiger partial charge on any atom is 0.253 e. The summed E-state index contributed by atoms with van der Waals surface area (Å²) in [6, 6.07) is 5.50. The Kier molecular flexibility index (Phi) is 3.87. The van der Waals surface area contributed by atoms with Gasteiger partial charge in [-0.25, -0.2) is 0 Å². The van der Waals surface area contributed by atoms with Gasteiger partial charge >= 0.3 is 0 Å². The van der Waals surface area contributed by atoms with E-state index < -0.39 is 0 Å². The lowest BCUT2D eigenvalue weighted by atomic mass is 10.0. The molecular formula is C14H20N2O2. The third-order valence-corrected chi connectivity index (χ3v) is 3.41. The number of rotatable bonds is 3. The predicted molar refractivity (Wildman–Crippen MR) is 71.5 cm³/mol. The van der Waals surface area contributed by atoms with Crippen molar-refractivity contribution < 1.29 is 9.53 Å². The molecule has 1 fully saturated rings. The van der Waals surface area contributed by atoms with Crippen molar-refractivity contribution >= 4 is 11.6 Å². The van der Waals surface area contributed by atoms with Crippen LogP contribution in [0.2, 0.25) is 0 Å². The number of amides is 1. The van der Waals surface area contributed by atoms with Crippen molar-refractivity contribution in [3.63, 3.8) is 0 Å². The second-order valence-electron chi connectivity index (χ2n) is 4.85. The highest BCUT2D eigenvalue weighted by Crippen LogP contribution is 2.19. The number of carbonyl (C=O) groups excluding carboxylic acids is 1. The molecule has 2 atom stereocenters. The van der Waals surface area contributed by atoms with Gasteiger partial charge in [0.05, 0.1) is 17.7 Å². The van der Waals surface area contributed by atoms with Crippen LogP contribution in [-0.4, -0.2) is 24.7 Å². The van der Waals surface area contributed by atoms with Crippen molar-refractivity contribution in [1.29, 1.82) is 0 Å². The van der Waals surface area contributed by atoms with E-state index in [9.17, 15) is 4.79 Å². The topological polar surface area (TPSA) is 64.4 Å². The number of anilines is 1. The number of ether oxygens (including phenoxy) is 1. The van der Waals surface area contributed by atoms with E-state index in [2.05, 4.69) is 5.32 Å². The number of aryl methyl sites for hydroxylation is 1. The van der Waals surface area contributed by atoms with Gasteiger partial charge in [-0.05, 0) is 38.3 Å². The van der Waals surface area contributed by atoms with Gasteiger partial charge in [0.25, 0.3) is 5.91 Å². The molecule has 2 rings (SSSR count). The van der Waals surface area contributed by atoms with Crippen molar-refractivity contribution in [2.24, 2.45) is 0 Å². The number of nitrogen functional groups attached to an aromatic ring is 1. The van der Waals surface area contributed by atoms with Crippen LogP contribution < -0.4 is 11.1 Å². The molecule has 98 valence electrons. The Morgan fingerprint density at radius 3 is 2.94 bits per heavy atom. The number of benzene rings is 1. The van der Waals surface area contributed by atoms with Crippen molar-refractivity contribution in [1.82, 2.24) is 5.32 Å². The lowest BCUT2D eigenvalue weighted by Crippen LogP contribution is -2.41. The van der Waals surface area contributed by atoms with Crippen LogP contribution in [0.5, 0.6) is 0 Å². The maximum absolute atomic E-state index is 12.2. The Bertz CT molecular complexity index is 419. The zero-order valence-corrected chi connectivity index (χ0v) is 10.9. The van der Waals surface area contributed by atoms with E-state index in [-0.39, 0.29) is 18.1 Å². The molecule has 2 unspecified atom stereocenters. The first-order valence-corrected chi connectivity index (χ1v) is 6.37. The second-order valence-corrected chi connectivity index (χ2v) is 4.85. The molecule has 1 amide bonds. The highest BCUT2D eigenvalue weighted by Gasteiger charge is 2.24. The second kappa shape index (κ2) is 5.40. The van der Waals surface area contributed by atoms with Crippen LogP contribution in [0, 0.1) is 6.92 Å². The lowest BCUT2D eigenvalue weighted by molar-refractivity contribution is 0.0712. The minimum atomic E-state index is -0.117. The first kappa shape index (κ1) is 12.9. The van der Waals surface area contributed by atoms with Crippen LogP contribution in [0.25, 0.3) is 0 Å². The minimum Gasteiger partial charge on any atom is -0.398 e. The maximum atomic E-state index is 12.2. The Hall–Kier alpha value is -1.55. The average Bonchev–Trinajstić information content (AvgIpc) is 2.81. The SMILES string of the molecule is Cc1cccc(N)c1C(=O)NC(C)C1CCCO1. The molecule has 0 aliphatic carbocycles. The summed E-state index contributed by atoms with van der Waals surface area (Å²) in [6.45, 7) is 4.65. The molecule has 1 aliphatic rings. The number of carbonyl (C=O) groups is 1. The molecule has 0 radical (unpaired) electrons. The Balaban J connectivity index is 2.07. The quantitative estimate of drug-likeness (QED) is 0.803. The van der Waals surface area contributed by atoms with Crippen LogP contribution >= 0.6 is 0 Å². The van der Waals surface area contributed by atoms with Crippen LogP contribution in [0.1, 0.15) is 35.7 Å². The highest BCUT2D eigenvalue weighted by atomic mass is 16.5. The van der Waals surface area contributed by atoms with Crippen LogP contribution in [0.4, 0.5) is 5.69 Å². The number of nitrogens with two attached hydrogens (primary N) is 1. The third kappa shape index (κ3) is 2.64. The Morgan fingerprint density at radius 2 is 2.33 bits per heavy atom. The summed E-state index contributed by atoms with van der Waals surface area (Å²) in [7, 11) is 0. The van der Waals surface area contributed by atoms with Gasteiger partial charge in [-0.15, -0.1) is 0 Å². The summed E-state index contributed by atoms with van der Waals surface area (Å²) in [5.41, 5.74) is 7.85. The normalized spacial score (nSPS) is 20.7. The van der Waals surface area contributed by atoms with E-state index in [0.717, 1.165) is 25.0 Å². The number of nitrogens with one attached hydrogen (secondary N) is 1. The highest BCUT2D eigenvalue weighted by molar-refractivity contribution is 6.00. The molecule has 18 heavy (non-hydrogen) atoms. The van der Waals surface area contributed by atoms with Crippen molar-refractivity contribution in [2.45, 2.75) is 38.8 Å². The zero-order valence-electron chi connectivity index (χ0n) is 10.9. The van der Waals surface area contributed by atoms with Gasteiger partial charge in [0.1, 0.15) is 0 Å². The van der Waals surface area contributed by atoms with E-state index in [1.165, 1.54) is 0 Å². The van der Waals surface area contributed by atoms with E-state index in [4.69, 9.17) is 10.5 Å². The summed E-state index contributed by atoms with van der Waals surface area (Å²) in [6.07, 6.45) is 2.20. The van der Waals surface area contributed by atoms with Crippen molar-refractivity contribution in [2.75, 3.05) is 12.3 Å². The Labute approximate surface area is 108 Å². The first-order chi connectivity index (χ1) is 8.59. The monoisotopic (exact) mass is 248 g/mol.